The molecule has 0 aliphatic heterocycles. The second-order valence-corrected chi connectivity index (χ2v) is 2.11. The van der Waals surface area contributed by atoms with Crippen LogP contribution in [0.2, 0.25) is 0 Å². The lowest BCUT2D eigenvalue weighted by molar-refractivity contribution is 0.315. The van der Waals surface area contributed by atoms with Gasteiger partial charge in [0, 0.05) is 0 Å². The summed E-state index contributed by atoms with van der Waals surface area (Å²) in [7, 11) is 0. The molecule has 0 heterocycles. The molecule has 4 nitrogen and oxygen atoms in total. The molecule has 0 spiro atoms. The third-order valence-electron chi connectivity index (χ3n) is 0.752. The summed E-state index contributed by atoms with van der Waals surface area (Å²) in [4.78, 5) is 0. The Morgan fingerprint density at radius 1 is 1.75 bits per heavy atom. The summed E-state index contributed by atoms with van der Waals surface area (Å²) >= 11 is 0. The predicted octanol–water partition coefficient (Wildman–Crippen LogP) is -0.312. The van der Waals surface area contributed by atoms with Crippen molar-refractivity contribution in [3.8, 4) is 0 Å². The first-order valence-electron chi connectivity index (χ1n) is 2.29. The molecule has 48 valence electrons. The van der Waals surface area contributed by atoms with E-state index in [1.54, 1.807) is 13.8 Å². The van der Waals surface area contributed by atoms with Gasteiger partial charge in [0.15, 0.2) is 0 Å². The van der Waals surface area contributed by atoms with Gasteiger partial charge in [-0.05, 0) is 13.8 Å². The van der Waals surface area contributed by atoms with Crippen LogP contribution >= 0.6 is 0 Å². The maximum atomic E-state index is 8.01. The minimum absolute atomic E-state index is 0.422. The lowest BCUT2D eigenvalue weighted by Gasteiger charge is -2.15. The second kappa shape index (κ2) is 2.64. The van der Waals surface area contributed by atoms with Crippen LogP contribution in [0.5, 0.6) is 0 Å². The molecule has 0 saturated carbocycles. The lowest BCUT2D eigenvalue weighted by Crippen LogP contribution is -2.45. The highest BCUT2D eigenvalue weighted by Crippen LogP contribution is 1.92. The molecule has 4 N–H and O–H groups in total. The number of nitrogens with zero attached hydrogens (tertiary/aromatic N) is 1. The van der Waals surface area contributed by atoms with E-state index >= 15 is 0 Å². The van der Waals surface area contributed by atoms with E-state index in [-0.39, 0.29) is 0 Å². The van der Waals surface area contributed by atoms with Crippen molar-refractivity contribution >= 4 is 6.21 Å². The Labute approximate surface area is 48.3 Å². The van der Waals surface area contributed by atoms with Gasteiger partial charge < -0.3 is 5.21 Å². The highest BCUT2D eigenvalue weighted by atomic mass is 16.4. The maximum Gasteiger partial charge on any atom is 0.0648 e. The van der Waals surface area contributed by atoms with Gasteiger partial charge in [-0.25, -0.2) is 5.43 Å². The molecule has 0 atom stereocenters. The SMILES string of the molecule is CC(C)(C=NO)NN. The van der Waals surface area contributed by atoms with Gasteiger partial charge in [-0.3, -0.25) is 5.84 Å². The van der Waals surface area contributed by atoms with Gasteiger partial charge in [-0.2, -0.15) is 0 Å². The Bertz CT molecular complexity index is 89.3. The fraction of sp³-hybridized carbons (Fsp3) is 0.750. The Morgan fingerprint density at radius 3 is 2.38 bits per heavy atom. The van der Waals surface area contributed by atoms with Crippen LogP contribution in [0.4, 0.5) is 0 Å². The molecule has 0 fully saturated rings. The van der Waals surface area contributed by atoms with Gasteiger partial charge in [-0.15, -0.1) is 5.16 Å². The van der Waals surface area contributed by atoms with Crippen LogP contribution in [0.25, 0.3) is 0 Å². The van der Waals surface area contributed by atoms with Crippen molar-refractivity contribution in [3.05, 3.63) is 0 Å². The molecular formula is C4H11N3O. The maximum absolute atomic E-state index is 8.01. The third kappa shape index (κ3) is 2.54. The fourth-order valence-corrected chi connectivity index (χ4v) is 0.182. The number of oxime groups is 1. The van der Waals surface area contributed by atoms with Crippen LogP contribution in [0.3, 0.4) is 0 Å². The number of rotatable bonds is 2. The van der Waals surface area contributed by atoms with Gasteiger partial charge in [0.25, 0.3) is 0 Å². The smallest absolute Gasteiger partial charge is 0.0648 e. The standard InChI is InChI=1S/C4H11N3O/c1-4(2,7-5)3-6-8/h3,7-8H,5H2,1-2H3. The van der Waals surface area contributed by atoms with Crippen molar-refractivity contribution in [1.29, 1.82) is 0 Å². The van der Waals surface area contributed by atoms with E-state index in [9.17, 15) is 0 Å². The monoisotopic (exact) mass is 117 g/mol. The fourth-order valence-electron chi connectivity index (χ4n) is 0.182. The summed E-state index contributed by atoms with van der Waals surface area (Å²) in [5.41, 5.74) is 2.01. The zero-order valence-corrected chi connectivity index (χ0v) is 5.05. The molecule has 0 aromatic rings. The van der Waals surface area contributed by atoms with Gasteiger partial charge in [0.2, 0.25) is 0 Å². The third-order valence-corrected chi connectivity index (χ3v) is 0.752. The molecule has 0 aromatic carbocycles. The van der Waals surface area contributed by atoms with Crippen molar-refractivity contribution in [3.63, 3.8) is 0 Å². The number of hydrogen-bond donors (Lipinski definition) is 3. The first-order valence-corrected chi connectivity index (χ1v) is 2.29. The predicted molar refractivity (Wildman–Crippen MR) is 31.7 cm³/mol. The Balaban J connectivity index is 3.71. The molecule has 0 aliphatic rings. The molecule has 0 rings (SSSR count). The van der Waals surface area contributed by atoms with Crippen molar-refractivity contribution in [2.24, 2.45) is 11.0 Å². The number of nitrogens with one attached hydrogen (secondary N) is 1. The zero-order valence-electron chi connectivity index (χ0n) is 5.05. The molecule has 0 aliphatic carbocycles. The highest BCUT2D eigenvalue weighted by Gasteiger charge is 2.10. The summed E-state index contributed by atoms with van der Waals surface area (Å²) in [6.45, 7) is 3.57. The molecule has 8 heavy (non-hydrogen) atoms. The Hall–Kier alpha value is -0.610. The molecule has 0 saturated heterocycles. The summed E-state index contributed by atoms with van der Waals surface area (Å²) in [5, 5.41) is 10.8. The number of hydrazine groups is 1. The topological polar surface area (TPSA) is 70.6 Å². The van der Waals surface area contributed by atoms with E-state index in [1.165, 1.54) is 6.21 Å². The van der Waals surface area contributed by atoms with E-state index in [4.69, 9.17) is 11.0 Å². The zero-order chi connectivity index (χ0) is 6.62. The number of nitrogens with two attached hydrogens (primary N) is 1. The Morgan fingerprint density at radius 2 is 2.25 bits per heavy atom. The first-order chi connectivity index (χ1) is 3.62. The molecule has 0 amide bonds. The summed E-state index contributed by atoms with van der Waals surface area (Å²) < 4.78 is 0. The van der Waals surface area contributed by atoms with Crippen LogP contribution in [0, 0.1) is 0 Å². The Kier molecular flexibility index (Phi) is 2.44. The summed E-state index contributed by atoms with van der Waals surface area (Å²) in [6, 6.07) is 0. The van der Waals surface area contributed by atoms with Gasteiger partial charge in [0.1, 0.15) is 0 Å². The normalized spacial score (nSPS) is 12.9. The molecule has 0 radical (unpaired) electrons. The van der Waals surface area contributed by atoms with Crippen LogP contribution in [0.15, 0.2) is 5.16 Å². The summed E-state index contributed by atoms with van der Waals surface area (Å²) in [6.07, 6.45) is 1.31. The minimum atomic E-state index is -0.422. The molecular weight excluding hydrogens is 106 g/mol. The minimum Gasteiger partial charge on any atom is -0.411 e. The molecule has 0 aromatic heterocycles. The van der Waals surface area contributed by atoms with Crippen LogP contribution in [-0.2, 0) is 0 Å². The van der Waals surface area contributed by atoms with E-state index in [1.807, 2.05) is 0 Å². The van der Waals surface area contributed by atoms with Gasteiger partial charge >= 0.3 is 0 Å². The van der Waals surface area contributed by atoms with Crippen LogP contribution < -0.4 is 11.3 Å². The van der Waals surface area contributed by atoms with Gasteiger partial charge in [0.05, 0.1) is 11.8 Å². The lowest BCUT2D eigenvalue weighted by atomic mass is 10.1. The average molecular weight is 117 g/mol. The van der Waals surface area contributed by atoms with E-state index in [2.05, 4.69) is 10.6 Å². The molecule has 0 bridgehead atoms. The quantitative estimate of drug-likeness (QED) is 0.201. The number of hydrogen-bond acceptors (Lipinski definition) is 4. The average Bonchev–Trinajstić information content (AvgIpc) is 1.67. The highest BCUT2D eigenvalue weighted by molar-refractivity contribution is 5.67. The summed E-state index contributed by atoms with van der Waals surface area (Å²) in [5.74, 6) is 5.04. The molecule has 0 unspecified atom stereocenters. The van der Waals surface area contributed by atoms with E-state index in [0.717, 1.165) is 0 Å². The van der Waals surface area contributed by atoms with Crippen LogP contribution in [0.1, 0.15) is 13.8 Å². The van der Waals surface area contributed by atoms with Crippen LogP contribution in [-0.4, -0.2) is 17.0 Å². The molecule has 4 heteroatoms. The largest absolute Gasteiger partial charge is 0.411 e. The van der Waals surface area contributed by atoms with Crippen molar-refractivity contribution in [2.45, 2.75) is 19.4 Å². The van der Waals surface area contributed by atoms with Crippen molar-refractivity contribution in [1.82, 2.24) is 5.43 Å². The van der Waals surface area contributed by atoms with Crippen molar-refractivity contribution in [2.75, 3.05) is 0 Å². The first kappa shape index (κ1) is 7.39. The second-order valence-electron chi connectivity index (χ2n) is 2.11. The van der Waals surface area contributed by atoms with Gasteiger partial charge in [-0.1, -0.05) is 0 Å². The van der Waals surface area contributed by atoms with Crippen molar-refractivity contribution < 1.29 is 5.21 Å². The van der Waals surface area contributed by atoms with E-state index < -0.39 is 5.54 Å². The van der Waals surface area contributed by atoms with E-state index in [0.29, 0.717) is 0 Å².